The van der Waals surface area contributed by atoms with Crippen LogP contribution in [0.5, 0.6) is 11.5 Å². The molecule has 0 saturated carbocycles. The zero-order valence-electron chi connectivity index (χ0n) is 22.9. The highest BCUT2D eigenvalue weighted by Gasteiger charge is 2.35. The van der Waals surface area contributed by atoms with Gasteiger partial charge in [0.15, 0.2) is 16.3 Å². The Morgan fingerprint density at radius 1 is 1.19 bits per heavy atom. The molecule has 0 fully saturated rings. The predicted molar refractivity (Wildman–Crippen MR) is 158 cm³/mol. The van der Waals surface area contributed by atoms with Crippen molar-refractivity contribution in [3.05, 3.63) is 105 Å². The number of nitrogens with zero attached hydrogens (tertiary/aromatic N) is 3. The summed E-state index contributed by atoms with van der Waals surface area (Å²) in [4.78, 5) is 43.1. The second-order valence-corrected chi connectivity index (χ2v) is 10.9. The predicted octanol–water partition coefficient (Wildman–Crippen LogP) is 4.75. The van der Waals surface area contributed by atoms with Crippen molar-refractivity contribution in [2.45, 2.75) is 19.9 Å². The third kappa shape index (κ3) is 5.16. The summed E-state index contributed by atoms with van der Waals surface area (Å²) in [6.07, 6.45) is 1.55. The van der Waals surface area contributed by atoms with Gasteiger partial charge >= 0.3 is 5.97 Å². The van der Waals surface area contributed by atoms with Gasteiger partial charge in [-0.25, -0.2) is 9.79 Å². The van der Waals surface area contributed by atoms with Crippen LogP contribution in [0.3, 0.4) is 0 Å². The minimum Gasteiger partial charge on any atom is -0.493 e. The van der Waals surface area contributed by atoms with Crippen LogP contribution in [0.4, 0.5) is 5.69 Å². The largest absolute Gasteiger partial charge is 0.493 e. The maximum Gasteiger partial charge on any atom is 0.338 e. The first kappa shape index (κ1) is 29.0. The van der Waals surface area contributed by atoms with Crippen LogP contribution in [0.2, 0.25) is 0 Å². The number of benzene rings is 2. The Labute approximate surface area is 251 Å². The van der Waals surface area contributed by atoms with E-state index in [1.54, 1.807) is 62.4 Å². The molecule has 4 aromatic rings. The molecule has 2 aromatic heterocycles. The van der Waals surface area contributed by atoms with E-state index < -0.39 is 22.5 Å². The fourth-order valence-electron chi connectivity index (χ4n) is 4.71. The zero-order chi connectivity index (χ0) is 30.1. The minimum atomic E-state index is -0.893. The van der Waals surface area contributed by atoms with E-state index in [2.05, 4.69) is 20.9 Å². The molecule has 11 nitrogen and oxygen atoms in total. The van der Waals surface area contributed by atoms with Crippen LogP contribution >= 0.6 is 27.3 Å². The lowest BCUT2D eigenvalue weighted by Crippen LogP contribution is -2.40. The molecule has 5 rings (SSSR count). The normalized spacial score (nSPS) is 14.8. The minimum absolute atomic E-state index is 0.0970. The molecule has 0 radical (unpaired) electrons. The summed E-state index contributed by atoms with van der Waals surface area (Å²) in [6, 6.07) is 12.0. The molecule has 0 unspecified atom stereocenters. The Hall–Kier alpha value is -4.49. The number of carbonyl (C=O) groups is 1. The van der Waals surface area contributed by atoms with E-state index in [1.807, 2.05) is 0 Å². The fourth-order valence-corrected chi connectivity index (χ4v) is 6.28. The number of rotatable bonds is 8. The van der Waals surface area contributed by atoms with Crippen molar-refractivity contribution in [3.8, 4) is 22.8 Å². The molecule has 2 aromatic carbocycles. The smallest absolute Gasteiger partial charge is 0.338 e. The molecule has 42 heavy (non-hydrogen) atoms. The van der Waals surface area contributed by atoms with Crippen LogP contribution < -0.4 is 24.4 Å². The van der Waals surface area contributed by atoms with Crippen LogP contribution in [0, 0.1) is 10.1 Å². The molecule has 0 spiro atoms. The molecule has 0 bridgehead atoms. The molecule has 216 valence electrons. The quantitative estimate of drug-likeness (QED) is 0.151. The third-order valence-electron chi connectivity index (χ3n) is 6.58. The van der Waals surface area contributed by atoms with Crippen molar-refractivity contribution < 1.29 is 28.3 Å². The number of aromatic nitrogens is 1. The number of furan rings is 1. The van der Waals surface area contributed by atoms with E-state index in [0.29, 0.717) is 43.4 Å². The number of halogens is 1. The Bertz CT molecular complexity index is 1940. The number of methoxy groups -OCH3 is 2. The first-order chi connectivity index (χ1) is 20.2. The van der Waals surface area contributed by atoms with Gasteiger partial charge in [-0.15, -0.1) is 0 Å². The Balaban J connectivity index is 1.69. The van der Waals surface area contributed by atoms with Gasteiger partial charge in [0, 0.05) is 16.6 Å². The lowest BCUT2D eigenvalue weighted by Gasteiger charge is -2.26. The van der Waals surface area contributed by atoms with Crippen LogP contribution in [0.15, 0.2) is 78.5 Å². The molecule has 1 aliphatic heterocycles. The summed E-state index contributed by atoms with van der Waals surface area (Å²) in [5, 5.41) is 11.5. The number of hydrogen-bond donors (Lipinski definition) is 0. The molecule has 0 saturated heterocycles. The summed E-state index contributed by atoms with van der Waals surface area (Å²) >= 11 is 4.70. The molecular formula is C29H24BrN3O8S. The number of ether oxygens (including phenoxy) is 3. The number of nitro benzene ring substituents is 1. The molecule has 0 N–H and O–H groups in total. The lowest BCUT2D eigenvalue weighted by molar-refractivity contribution is -0.384. The number of carbonyl (C=O) groups excluding carboxylic acids is 1. The number of hydrogen-bond acceptors (Lipinski definition) is 10. The molecular weight excluding hydrogens is 630 g/mol. The van der Waals surface area contributed by atoms with Gasteiger partial charge in [0.05, 0.1) is 53.2 Å². The first-order valence-corrected chi connectivity index (χ1v) is 14.2. The number of esters is 1. The van der Waals surface area contributed by atoms with Gasteiger partial charge in [-0.1, -0.05) is 39.4 Å². The van der Waals surface area contributed by atoms with Crippen LogP contribution in [0.1, 0.15) is 31.2 Å². The van der Waals surface area contributed by atoms with E-state index in [9.17, 15) is 19.7 Å². The number of allylic oxidation sites excluding steroid dienone is 1. The highest BCUT2D eigenvalue weighted by atomic mass is 79.9. The molecule has 3 heterocycles. The van der Waals surface area contributed by atoms with Gasteiger partial charge < -0.3 is 18.6 Å². The standard InChI is InChI=1S/C29H24BrN3O8S/c1-5-40-28(35)25-15(2)31-29-32(26(25)18-13-22(38-3)23(39-4)14-19(18)30)27(34)24(42-29)12-16-10-11-21(41-16)17-8-6-7-9-20(17)33(36)37/h6-14,26H,5H2,1-4H3/b24-12-/t26-/m1/s1. The van der Waals surface area contributed by atoms with Crippen LogP contribution in [0.25, 0.3) is 17.4 Å². The second-order valence-electron chi connectivity index (χ2n) is 9.01. The van der Waals surface area contributed by atoms with Crippen molar-refractivity contribution in [1.29, 1.82) is 0 Å². The average molecular weight is 654 g/mol. The van der Waals surface area contributed by atoms with Crippen LogP contribution in [-0.2, 0) is 9.53 Å². The van der Waals surface area contributed by atoms with E-state index in [4.69, 9.17) is 18.6 Å². The summed E-state index contributed by atoms with van der Waals surface area (Å²) in [6.45, 7) is 3.53. The SMILES string of the molecule is CCOC(=O)C1=C(C)N=c2s/c(=C\c3ccc(-c4ccccc4[N+](=O)[O-])o3)c(=O)n2[C@@H]1c1cc(OC)c(OC)cc1Br. The Morgan fingerprint density at radius 3 is 2.60 bits per heavy atom. The topological polar surface area (TPSA) is 135 Å². The average Bonchev–Trinajstić information content (AvgIpc) is 3.56. The van der Waals surface area contributed by atoms with Crippen molar-refractivity contribution in [3.63, 3.8) is 0 Å². The summed E-state index contributed by atoms with van der Waals surface area (Å²) in [5.74, 6) is 0.882. The van der Waals surface area contributed by atoms with E-state index in [0.717, 1.165) is 11.3 Å². The monoisotopic (exact) mass is 653 g/mol. The van der Waals surface area contributed by atoms with Gasteiger partial charge in [-0.3, -0.25) is 19.5 Å². The van der Waals surface area contributed by atoms with E-state index in [-0.39, 0.29) is 28.2 Å². The highest BCUT2D eigenvalue weighted by Crippen LogP contribution is 2.41. The van der Waals surface area contributed by atoms with Crippen molar-refractivity contribution in [2.24, 2.45) is 4.99 Å². The molecule has 1 atom stereocenters. The van der Waals surface area contributed by atoms with Crippen molar-refractivity contribution in [1.82, 2.24) is 4.57 Å². The number of para-hydroxylation sites is 1. The third-order valence-corrected chi connectivity index (χ3v) is 8.25. The van der Waals surface area contributed by atoms with E-state index >= 15 is 0 Å². The van der Waals surface area contributed by atoms with Gasteiger partial charge in [0.25, 0.3) is 11.2 Å². The number of fused-ring (bicyclic) bond motifs is 1. The summed E-state index contributed by atoms with van der Waals surface area (Å²) < 4.78 is 24.5. The number of thiazole rings is 1. The van der Waals surface area contributed by atoms with Crippen LogP contribution in [-0.4, -0.2) is 36.3 Å². The fraction of sp³-hybridized carbons (Fsp3) is 0.207. The number of nitro groups is 1. The van der Waals surface area contributed by atoms with Gasteiger partial charge in [-0.2, -0.15) is 0 Å². The van der Waals surface area contributed by atoms with Gasteiger partial charge in [0.1, 0.15) is 11.5 Å². The molecule has 1 aliphatic rings. The summed E-state index contributed by atoms with van der Waals surface area (Å²) in [7, 11) is 3.01. The molecule has 13 heteroatoms. The van der Waals surface area contributed by atoms with Gasteiger partial charge in [0.2, 0.25) is 0 Å². The summed E-state index contributed by atoms with van der Waals surface area (Å²) in [5.41, 5.74) is 0.986. The Kier molecular flexibility index (Phi) is 8.14. The van der Waals surface area contributed by atoms with Crippen molar-refractivity contribution in [2.75, 3.05) is 20.8 Å². The van der Waals surface area contributed by atoms with Crippen molar-refractivity contribution >= 4 is 45.0 Å². The lowest BCUT2D eigenvalue weighted by atomic mass is 9.95. The molecule has 0 aliphatic carbocycles. The second kappa shape index (κ2) is 11.8. The first-order valence-electron chi connectivity index (χ1n) is 12.6. The maximum absolute atomic E-state index is 13.9. The highest BCUT2D eigenvalue weighted by molar-refractivity contribution is 9.10. The Morgan fingerprint density at radius 2 is 1.90 bits per heavy atom. The zero-order valence-corrected chi connectivity index (χ0v) is 25.3. The van der Waals surface area contributed by atoms with E-state index in [1.165, 1.54) is 24.9 Å². The molecule has 0 amide bonds. The van der Waals surface area contributed by atoms with Gasteiger partial charge in [-0.05, 0) is 49.7 Å². The maximum atomic E-state index is 13.9.